The van der Waals surface area contributed by atoms with Crippen molar-refractivity contribution in [1.29, 1.82) is 0 Å². The summed E-state index contributed by atoms with van der Waals surface area (Å²) in [5.74, 6) is 0.434. The van der Waals surface area contributed by atoms with Gasteiger partial charge in [-0.2, -0.15) is 0 Å². The van der Waals surface area contributed by atoms with Crippen LogP contribution >= 0.6 is 0 Å². The first kappa shape index (κ1) is 23.7. The molecule has 0 spiro atoms. The topological polar surface area (TPSA) is 76.3 Å². The Kier molecular flexibility index (Phi) is 7.75. The van der Waals surface area contributed by atoms with Gasteiger partial charge in [-0.1, -0.05) is 48.5 Å². The fourth-order valence-electron chi connectivity index (χ4n) is 4.75. The van der Waals surface area contributed by atoms with Crippen molar-refractivity contribution >= 4 is 16.9 Å². The van der Waals surface area contributed by atoms with Crippen LogP contribution in [0.2, 0.25) is 0 Å². The molecule has 4 rings (SSSR count). The van der Waals surface area contributed by atoms with Crippen LogP contribution in [0.3, 0.4) is 0 Å². The zero-order chi connectivity index (χ0) is 23.9. The third kappa shape index (κ3) is 5.54. The summed E-state index contributed by atoms with van der Waals surface area (Å²) in [5.41, 5.74) is 1.22. The predicted octanol–water partition coefficient (Wildman–Crippen LogP) is 2.42. The monoisotopic (exact) mass is 460 g/mol. The van der Waals surface area contributed by atoms with Crippen molar-refractivity contribution in [1.82, 2.24) is 19.4 Å². The van der Waals surface area contributed by atoms with Gasteiger partial charge in [-0.05, 0) is 56.0 Å². The summed E-state index contributed by atoms with van der Waals surface area (Å²) in [4.78, 5) is 40.3. The number of hydrogen-bond donors (Lipinski definition) is 1. The van der Waals surface area contributed by atoms with Gasteiger partial charge in [0.25, 0.3) is 0 Å². The van der Waals surface area contributed by atoms with E-state index in [1.807, 2.05) is 0 Å². The molecule has 0 atom stereocenters. The van der Waals surface area contributed by atoms with Crippen LogP contribution in [0.1, 0.15) is 18.4 Å². The average molecular weight is 461 g/mol. The highest BCUT2D eigenvalue weighted by molar-refractivity contribution is 5.80. The number of amides is 1. The number of fused-ring (bicyclic) bond motifs is 1. The largest absolute Gasteiger partial charge is 0.353 e. The Labute approximate surface area is 199 Å². The van der Waals surface area contributed by atoms with E-state index in [9.17, 15) is 14.4 Å². The summed E-state index contributed by atoms with van der Waals surface area (Å²) in [6, 6.07) is 17.7. The fourth-order valence-corrected chi connectivity index (χ4v) is 4.75. The fraction of sp³-hybridized carbons (Fsp3) is 0.370. The Bertz CT molecular complexity index is 1250. The molecule has 0 radical (unpaired) electrons. The SMILES string of the molecule is C=CCn1c(=O)c(=O)n(CC(=O)NCCN2CCC(Cc3ccccc3)CC2)c2ccccc21. The van der Waals surface area contributed by atoms with Gasteiger partial charge in [0.2, 0.25) is 5.91 Å². The first-order valence-corrected chi connectivity index (χ1v) is 11.9. The van der Waals surface area contributed by atoms with Gasteiger partial charge in [0, 0.05) is 19.6 Å². The van der Waals surface area contributed by atoms with Crippen LogP contribution in [0.25, 0.3) is 11.0 Å². The minimum atomic E-state index is -0.698. The molecule has 1 amide bonds. The molecule has 7 heteroatoms. The number of aromatic nitrogens is 2. The zero-order valence-electron chi connectivity index (χ0n) is 19.5. The number of piperidine rings is 1. The molecular weight excluding hydrogens is 428 g/mol. The van der Waals surface area contributed by atoms with Gasteiger partial charge in [-0.15, -0.1) is 6.58 Å². The molecule has 0 saturated carbocycles. The van der Waals surface area contributed by atoms with E-state index in [4.69, 9.17) is 0 Å². The Morgan fingerprint density at radius 3 is 2.24 bits per heavy atom. The molecule has 1 aromatic heterocycles. The third-order valence-corrected chi connectivity index (χ3v) is 6.57. The number of carbonyl (C=O) groups excluding carboxylic acids is 1. The molecule has 34 heavy (non-hydrogen) atoms. The lowest BCUT2D eigenvalue weighted by atomic mass is 9.90. The standard InChI is InChI=1S/C27H32N4O3/c1-2-15-30-23-10-6-7-11-24(23)31(27(34)26(30)33)20-25(32)28-14-18-29-16-12-22(13-17-29)19-21-8-4-3-5-9-21/h2-11,22H,1,12-20H2,(H,28,32). The van der Waals surface area contributed by atoms with Crippen molar-refractivity contribution in [2.75, 3.05) is 26.2 Å². The highest BCUT2D eigenvalue weighted by Crippen LogP contribution is 2.21. The Hall–Kier alpha value is -3.45. The number of carbonyl (C=O) groups is 1. The number of likely N-dealkylation sites (tertiary alicyclic amines) is 1. The molecule has 2 heterocycles. The third-order valence-electron chi connectivity index (χ3n) is 6.57. The molecule has 1 saturated heterocycles. The number of nitrogens with zero attached hydrogens (tertiary/aromatic N) is 3. The van der Waals surface area contributed by atoms with Gasteiger partial charge in [0.05, 0.1) is 11.0 Å². The summed E-state index contributed by atoms with van der Waals surface area (Å²) >= 11 is 0. The van der Waals surface area contributed by atoms with Crippen molar-refractivity contribution in [2.45, 2.75) is 32.4 Å². The molecule has 2 aromatic carbocycles. The van der Waals surface area contributed by atoms with Crippen LogP contribution in [0, 0.1) is 5.92 Å². The van der Waals surface area contributed by atoms with E-state index in [2.05, 4.69) is 47.1 Å². The molecular formula is C27H32N4O3. The number of nitrogens with one attached hydrogen (secondary N) is 1. The van der Waals surface area contributed by atoms with Gasteiger partial charge >= 0.3 is 11.1 Å². The van der Waals surface area contributed by atoms with Gasteiger partial charge in [-0.25, -0.2) is 0 Å². The normalized spacial score (nSPS) is 14.8. The molecule has 7 nitrogen and oxygen atoms in total. The summed E-state index contributed by atoms with van der Waals surface area (Å²) in [5, 5.41) is 2.92. The minimum absolute atomic E-state index is 0.178. The van der Waals surface area contributed by atoms with Gasteiger partial charge < -0.3 is 10.2 Å². The molecule has 0 bridgehead atoms. The lowest BCUT2D eigenvalue weighted by Crippen LogP contribution is -2.45. The quantitative estimate of drug-likeness (QED) is 0.393. The van der Waals surface area contributed by atoms with Crippen molar-refractivity contribution in [3.63, 3.8) is 0 Å². The molecule has 0 aliphatic carbocycles. The Morgan fingerprint density at radius 2 is 1.56 bits per heavy atom. The molecule has 3 aromatic rings. The van der Waals surface area contributed by atoms with Crippen LogP contribution in [-0.2, 0) is 24.3 Å². The van der Waals surface area contributed by atoms with Crippen molar-refractivity contribution in [3.05, 3.63) is 93.5 Å². The second-order valence-corrected chi connectivity index (χ2v) is 8.91. The Balaban J connectivity index is 1.30. The first-order valence-electron chi connectivity index (χ1n) is 11.9. The second-order valence-electron chi connectivity index (χ2n) is 8.91. The Morgan fingerprint density at radius 1 is 0.941 bits per heavy atom. The summed E-state index contributed by atoms with van der Waals surface area (Å²) < 4.78 is 2.65. The summed E-state index contributed by atoms with van der Waals surface area (Å²) in [7, 11) is 0. The van der Waals surface area contributed by atoms with E-state index < -0.39 is 11.1 Å². The maximum atomic E-state index is 12.7. The van der Waals surface area contributed by atoms with E-state index in [-0.39, 0.29) is 19.0 Å². The van der Waals surface area contributed by atoms with E-state index in [0.717, 1.165) is 38.9 Å². The molecule has 1 fully saturated rings. The van der Waals surface area contributed by atoms with E-state index >= 15 is 0 Å². The average Bonchev–Trinajstić information content (AvgIpc) is 2.86. The molecule has 0 unspecified atom stereocenters. The summed E-state index contributed by atoms with van der Waals surface area (Å²) in [6.45, 7) is 7.07. The number of allylic oxidation sites excluding steroid dienone is 1. The zero-order valence-corrected chi connectivity index (χ0v) is 19.5. The second kappa shape index (κ2) is 11.1. The van der Waals surface area contributed by atoms with Crippen LogP contribution in [-0.4, -0.2) is 46.1 Å². The van der Waals surface area contributed by atoms with Crippen LogP contribution in [0.5, 0.6) is 0 Å². The van der Waals surface area contributed by atoms with Crippen LogP contribution < -0.4 is 16.4 Å². The van der Waals surface area contributed by atoms with E-state index in [1.54, 1.807) is 30.3 Å². The number of hydrogen-bond acceptors (Lipinski definition) is 4. The van der Waals surface area contributed by atoms with Gasteiger partial charge in [0.1, 0.15) is 6.54 Å². The molecule has 1 aliphatic rings. The van der Waals surface area contributed by atoms with E-state index in [0.29, 0.717) is 23.5 Å². The maximum Gasteiger partial charge on any atom is 0.317 e. The van der Waals surface area contributed by atoms with Crippen molar-refractivity contribution < 1.29 is 4.79 Å². The number of benzene rings is 2. The number of para-hydroxylation sites is 2. The van der Waals surface area contributed by atoms with Crippen molar-refractivity contribution in [3.8, 4) is 0 Å². The van der Waals surface area contributed by atoms with Gasteiger partial charge in [0.15, 0.2) is 0 Å². The van der Waals surface area contributed by atoms with E-state index in [1.165, 1.54) is 14.7 Å². The molecule has 178 valence electrons. The predicted molar refractivity (Wildman–Crippen MR) is 135 cm³/mol. The molecule has 1 aliphatic heterocycles. The maximum absolute atomic E-state index is 12.7. The number of rotatable bonds is 9. The lowest BCUT2D eigenvalue weighted by Gasteiger charge is -2.32. The smallest absolute Gasteiger partial charge is 0.317 e. The van der Waals surface area contributed by atoms with Crippen LogP contribution in [0.4, 0.5) is 0 Å². The first-order chi connectivity index (χ1) is 16.6. The highest BCUT2D eigenvalue weighted by Gasteiger charge is 2.19. The molecule has 1 N–H and O–H groups in total. The van der Waals surface area contributed by atoms with Crippen LogP contribution in [0.15, 0.2) is 76.8 Å². The highest BCUT2D eigenvalue weighted by atomic mass is 16.2. The summed E-state index contributed by atoms with van der Waals surface area (Å²) in [6.07, 6.45) is 5.02. The van der Waals surface area contributed by atoms with Crippen molar-refractivity contribution in [2.24, 2.45) is 5.92 Å². The minimum Gasteiger partial charge on any atom is -0.353 e. The van der Waals surface area contributed by atoms with Gasteiger partial charge in [-0.3, -0.25) is 23.5 Å². The lowest BCUT2D eigenvalue weighted by molar-refractivity contribution is -0.121.